The van der Waals surface area contributed by atoms with Gasteiger partial charge in [0.2, 0.25) is 0 Å². The summed E-state index contributed by atoms with van der Waals surface area (Å²) in [4.78, 5) is 23.4. The van der Waals surface area contributed by atoms with Gasteiger partial charge in [-0.3, -0.25) is 0 Å². The highest BCUT2D eigenvalue weighted by Crippen LogP contribution is 2.22. The standard InChI is InChI=1S/C13H15NO4/c1-3-17-13(16)11-7-18-12(15)9-5-4-8(2)6-10(9)14-11/h4-6,11,14H,3,7H2,1-2H3. The van der Waals surface area contributed by atoms with E-state index < -0.39 is 18.0 Å². The number of cyclic esters (lactones) is 1. The molecule has 0 spiro atoms. The lowest BCUT2D eigenvalue weighted by atomic mass is 10.1. The fraction of sp³-hybridized carbons (Fsp3) is 0.385. The van der Waals surface area contributed by atoms with Gasteiger partial charge < -0.3 is 14.8 Å². The number of nitrogens with one attached hydrogen (secondary N) is 1. The molecule has 0 fully saturated rings. The minimum atomic E-state index is -0.656. The molecule has 96 valence electrons. The molecular weight excluding hydrogens is 234 g/mol. The van der Waals surface area contributed by atoms with Crippen LogP contribution in [0.15, 0.2) is 18.2 Å². The van der Waals surface area contributed by atoms with Gasteiger partial charge in [0.25, 0.3) is 0 Å². The van der Waals surface area contributed by atoms with E-state index in [1.165, 1.54) is 0 Å². The molecule has 1 aromatic rings. The molecule has 0 saturated heterocycles. The quantitative estimate of drug-likeness (QED) is 0.805. The van der Waals surface area contributed by atoms with E-state index in [-0.39, 0.29) is 6.61 Å². The van der Waals surface area contributed by atoms with E-state index in [1.54, 1.807) is 13.0 Å². The van der Waals surface area contributed by atoms with Crippen molar-refractivity contribution in [1.29, 1.82) is 0 Å². The second kappa shape index (κ2) is 5.08. The largest absolute Gasteiger partial charge is 0.464 e. The monoisotopic (exact) mass is 249 g/mol. The number of hydrogen-bond acceptors (Lipinski definition) is 5. The van der Waals surface area contributed by atoms with Gasteiger partial charge >= 0.3 is 11.9 Å². The maximum absolute atomic E-state index is 11.7. The Bertz CT molecular complexity index is 484. The third-order valence-corrected chi connectivity index (χ3v) is 2.68. The lowest BCUT2D eigenvalue weighted by Crippen LogP contribution is -2.34. The van der Waals surface area contributed by atoms with Crippen LogP contribution in [0.2, 0.25) is 0 Å². The van der Waals surface area contributed by atoms with Crippen LogP contribution in [-0.2, 0) is 14.3 Å². The highest BCUT2D eigenvalue weighted by molar-refractivity contribution is 5.98. The molecule has 0 radical (unpaired) electrons. The summed E-state index contributed by atoms with van der Waals surface area (Å²) < 4.78 is 9.97. The molecule has 1 N–H and O–H groups in total. The van der Waals surface area contributed by atoms with Gasteiger partial charge in [-0.05, 0) is 31.5 Å². The molecule has 5 heteroatoms. The minimum absolute atomic E-state index is 0.0224. The molecular formula is C13H15NO4. The van der Waals surface area contributed by atoms with E-state index in [2.05, 4.69) is 5.32 Å². The number of ether oxygens (including phenoxy) is 2. The number of anilines is 1. The van der Waals surface area contributed by atoms with Crippen LogP contribution in [0.1, 0.15) is 22.8 Å². The number of fused-ring (bicyclic) bond motifs is 1. The highest BCUT2D eigenvalue weighted by Gasteiger charge is 2.27. The number of benzene rings is 1. The first-order chi connectivity index (χ1) is 8.61. The molecule has 1 unspecified atom stereocenters. The second-order valence-corrected chi connectivity index (χ2v) is 4.10. The van der Waals surface area contributed by atoms with Crippen LogP contribution < -0.4 is 5.32 Å². The Kier molecular flexibility index (Phi) is 3.50. The van der Waals surface area contributed by atoms with E-state index in [9.17, 15) is 9.59 Å². The molecule has 0 aromatic heterocycles. The predicted octanol–water partition coefficient (Wildman–Crippen LogP) is 1.51. The summed E-state index contributed by atoms with van der Waals surface area (Å²) in [5.41, 5.74) is 2.04. The van der Waals surface area contributed by atoms with Gasteiger partial charge in [-0.1, -0.05) is 6.07 Å². The van der Waals surface area contributed by atoms with E-state index in [4.69, 9.17) is 9.47 Å². The van der Waals surface area contributed by atoms with Gasteiger partial charge in [0.15, 0.2) is 6.04 Å². The van der Waals surface area contributed by atoms with Gasteiger partial charge in [0.05, 0.1) is 12.2 Å². The molecule has 5 nitrogen and oxygen atoms in total. The zero-order valence-corrected chi connectivity index (χ0v) is 10.4. The zero-order chi connectivity index (χ0) is 13.1. The Hall–Kier alpha value is -2.04. The van der Waals surface area contributed by atoms with Crippen LogP contribution in [0.4, 0.5) is 5.69 Å². The fourth-order valence-corrected chi connectivity index (χ4v) is 1.79. The average Bonchev–Trinajstić information content (AvgIpc) is 2.49. The summed E-state index contributed by atoms with van der Waals surface area (Å²) in [7, 11) is 0. The molecule has 2 rings (SSSR count). The number of carbonyl (C=O) groups is 2. The van der Waals surface area contributed by atoms with E-state index in [0.717, 1.165) is 5.56 Å². The summed E-state index contributed by atoms with van der Waals surface area (Å²) >= 11 is 0. The molecule has 0 amide bonds. The minimum Gasteiger partial charge on any atom is -0.464 e. The van der Waals surface area contributed by atoms with Crippen molar-refractivity contribution < 1.29 is 19.1 Å². The Morgan fingerprint density at radius 2 is 2.33 bits per heavy atom. The van der Waals surface area contributed by atoms with E-state index in [1.807, 2.05) is 19.1 Å². The molecule has 1 atom stereocenters. The first-order valence-electron chi connectivity index (χ1n) is 5.82. The van der Waals surface area contributed by atoms with Crippen molar-refractivity contribution in [1.82, 2.24) is 0 Å². The summed E-state index contributed by atoms with van der Waals surface area (Å²) in [6.07, 6.45) is 0. The fourth-order valence-electron chi connectivity index (χ4n) is 1.79. The van der Waals surface area contributed by atoms with Crippen molar-refractivity contribution in [2.75, 3.05) is 18.5 Å². The van der Waals surface area contributed by atoms with Crippen molar-refractivity contribution >= 4 is 17.6 Å². The first-order valence-corrected chi connectivity index (χ1v) is 5.82. The summed E-state index contributed by atoms with van der Waals surface area (Å²) in [5.74, 6) is -0.844. The van der Waals surface area contributed by atoms with Crippen LogP contribution in [0.5, 0.6) is 0 Å². The van der Waals surface area contributed by atoms with Gasteiger partial charge in [0.1, 0.15) is 6.61 Å². The van der Waals surface area contributed by atoms with Crippen molar-refractivity contribution in [3.8, 4) is 0 Å². The number of rotatable bonds is 2. The molecule has 1 aliphatic rings. The van der Waals surface area contributed by atoms with E-state index in [0.29, 0.717) is 17.9 Å². The number of esters is 2. The third kappa shape index (κ3) is 2.45. The van der Waals surface area contributed by atoms with Crippen LogP contribution in [0.25, 0.3) is 0 Å². The predicted molar refractivity (Wildman–Crippen MR) is 65.5 cm³/mol. The molecule has 18 heavy (non-hydrogen) atoms. The Labute approximate surface area is 105 Å². The molecule has 1 aliphatic heterocycles. The maximum Gasteiger partial charge on any atom is 0.340 e. The van der Waals surface area contributed by atoms with Crippen molar-refractivity contribution in [3.63, 3.8) is 0 Å². The molecule has 0 aliphatic carbocycles. The normalized spacial score (nSPS) is 18.1. The van der Waals surface area contributed by atoms with E-state index >= 15 is 0 Å². The number of carbonyl (C=O) groups excluding carboxylic acids is 2. The van der Waals surface area contributed by atoms with Crippen molar-refractivity contribution in [2.45, 2.75) is 19.9 Å². The lowest BCUT2D eigenvalue weighted by molar-refractivity contribution is -0.144. The average molecular weight is 249 g/mol. The highest BCUT2D eigenvalue weighted by atomic mass is 16.6. The van der Waals surface area contributed by atoms with Gasteiger partial charge in [-0.2, -0.15) is 0 Å². The Morgan fingerprint density at radius 3 is 3.06 bits per heavy atom. The molecule has 0 bridgehead atoms. The summed E-state index contributed by atoms with van der Waals surface area (Å²) in [6, 6.07) is 4.67. The van der Waals surface area contributed by atoms with Crippen LogP contribution in [-0.4, -0.2) is 31.2 Å². The summed E-state index contributed by atoms with van der Waals surface area (Å²) in [6.45, 7) is 3.92. The van der Waals surface area contributed by atoms with Crippen molar-refractivity contribution in [2.24, 2.45) is 0 Å². The lowest BCUT2D eigenvalue weighted by Gasteiger charge is -2.15. The van der Waals surface area contributed by atoms with Gasteiger partial charge in [-0.15, -0.1) is 0 Å². The third-order valence-electron chi connectivity index (χ3n) is 2.68. The van der Waals surface area contributed by atoms with Crippen LogP contribution in [0.3, 0.4) is 0 Å². The first kappa shape index (κ1) is 12.4. The summed E-state index contributed by atoms with van der Waals surface area (Å²) in [5, 5.41) is 2.99. The Morgan fingerprint density at radius 1 is 1.56 bits per heavy atom. The zero-order valence-electron chi connectivity index (χ0n) is 10.4. The van der Waals surface area contributed by atoms with Crippen LogP contribution in [0, 0.1) is 6.92 Å². The number of aryl methyl sites for hydroxylation is 1. The van der Waals surface area contributed by atoms with Gasteiger partial charge in [-0.25, -0.2) is 9.59 Å². The number of hydrogen-bond donors (Lipinski definition) is 1. The smallest absolute Gasteiger partial charge is 0.340 e. The SMILES string of the molecule is CCOC(=O)C1COC(=O)c2ccc(C)cc2N1. The van der Waals surface area contributed by atoms with Crippen LogP contribution >= 0.6 is 0 Å². The topological polar surface area (TPSA) is 64.6 Å². The maximum atomic E-state index is 11.7. The Balaban J connectivity index is 2.28. The molecule has 1 aromatic carbocycles. The molecule has 1 heterocycles. The van der Waals surface area contributed by atoms with Gasteiger partial charge in [0, 0.05) is 5.69 Å². The van der Waals surface area contributed by atoms with Crippen molar-refractivity contribution in [3.05, 3.63) is 29.3 Å². The molecule has 0 saturated carbocycles. The second-order valence-electron chi connectivity index (χ2n) is 4.10.